The van der Waals surface area contributed by atoms with Gasteiger partial charge in [-0.15, -0.1) is 10.2 Å². The summed E-state index contributed by atoms with van der Waals surface area (Å²) in [5, 5.41) is 12.7. The van der Waals surface area contributed by atoms with E-state index in [1.54, 1.807) is 18.0 Å². The van der Waals surface area contributed by atoms with Gasteiger partial charge in [0.1, 0.15) is 11.6 Å². The van der Waals surface area contributed by atoms with Crippen molar-refractivity contribution in [2.24, 2.45) is 11.8 Å². The van der Waals surface area contributed by atoms with Gasteiger partial charge in [-0.05, 0) is 43.7 Å². The van der Waals surface area contributed by atoms with E-state index in [9.17, 15) is 9.59 Å². The van der Waals surface area contributed by atoms with Gasteiger partial charge in [-0.25, -0.2) is 4.98 Å². The number of para-hydroxylation sites is 1. The molecule has 1 aromatic carbocycles. The Kier molecular flexibility index (Phi) is 5.96. The molecule has 0 unspecified atom stereocenters. The van der Waals surface area contributed by atoms with E-state index in [-0.39, 0.29) is 17.4 Å². The molecule has 4 rings (SSSR count). The standard InChI is InChI=1S/C20H23N5O3S/c1-28-11-17-23-24-20(29-17)22-18(26)14-8-6-13(7-9-14)10-25-12-21-16-5-3-2-4-15(16)19(25)27/h2-5,12-14H,6-11H2,1H3,(H,22,24,26). The number of benzene rings is 1. The normalized spacial score (nSPS) is 19.3. The van der Waals surface area contributed by atoms with E-state index >= 15 is 0 Å². The molecule has 1 aliphatic rings. The molecule has 1 amide bonds. The van der Waals surface area contributed by atoms with Crippen molar-refractivity contribution in [3.05, 3.63) is 46.0 Å². The highest BCUT2D eigenvalue weighted by Gasteiger charge is 2.27. The summed E-state index contributed by atoms with van der Waals surface area (Å²) in [4.78, 5) is 29.6. The summed E-state index contributed by atoms with van der Waals surface area (Å²) in [6, 6.07) is 7.40. The van der Waals surface area contributed by atoms with Gasteiger partial charge < -0.3 is 10.1 Å². The maximum atomic E-state index is 12.7. The topological polar surface area (TPSA) is 99.0 Å². The highest BCUT2D eigenvalue weighted by atomic mass is 32.1. The molecule has 2 heterocycles. The molecule has 1 fully saturated rings. The Morgan fingerprint density at radius 3 is 2.83 bits per heavy atom. The second-order valence-corrected chi connectivity index (χ2v) is 8.42. The van der Waals surface area contributed by atoms with E-state index in [0.29, 0.717) is 29.6 Å². The predicted octanol–water partition coefficient (Wildman–Crippen LogP) is 2.84. The lowest BCUT2D eigenvalue weighted by Crippen LogP contribution is -2.30. The Hall–Kier alpha value is -2.65. The van der Waals surface area contributed by atoms with Crippen LogP contribution in [0.15, 0.2) is 35.4 Å². The van der Waals surface area contributed by atoms with Crippen molar-refractivity contribution in [1.29, 1.82) is 0 Å². The van der Waals surface area contributed by atoms with Crippen LogP contribution >= 0.6 is 11.3 Å². The SMILES string of the molecule is COCc1nnc(NC(=O)C2CCC(Cn3cnc4ccccc4c3=O)CC2)s1. The first-order valence-electron chi connectivity index (χ1n) is 9.70. The Bertz CT molecular complexity index is 1060. The zero-order valence-electron chi connectivity index (χ0n) is 16.2. The van der Waals surface area contributed by atoms with Crippen molar-refractivity contribution in [3.63, 3.8) is 0 Å². The van der Waals surface area contributed by atoms with Crippen LogP contribution in [0.3, 0.4) is 0 Å². The van der Waals surface area contributed by atoms with E-state index in [0.717, 1.165) is 36.2 Å². The van der Waals surface area contributed by atoms with Crippen LogP contribution in [0.5, 0.6) is 0 Å². The first-order valence-corrected chi connectivity index (χ1v) is 10.5. The number of amides is 1. The van der Waals surface area contributed by atoms with E-state index in [1.807, 2.05) is 24.3 Å². The summed E-state index contributed by atoms with van der Waals surface area (Å²) in [6.07, 6.45) is 5.05. The number of anilines is 1. The number of hydrogen-bond acceptors (Lipinski definition) is 7. The van der Waals surface area contributed by atoms with Crippen molar-refractivity contribution >= 4 is 33.3 Å². The third-order valence-corrected chi connectivity index (χ3v) is 6.18. The summed E-state index contributed by atoms with van der Waals surface area (Å²) in [5.74, 6) is 0.329. The number of nitrogens with zero attached hydrogens (tertiary/aromatic N) is 4. The molecule has 0 spiro atoms. The van der Waals surface area contributed by atoms with Crippen molar-refractivity contribution < 1.29 is 9.53 Å². The Morgan fingerprint density at radius 2 is 2.03 bits per heavy atom. The van der Waals surface area contributed by atoms with Gasteiger partial charge in [0, 0.05) is 19.6 Å². The number of hydrogen-bond donors (Lipinski definition) is 1. The van der Waals surface area contributed by atoms with E-state index in [2.05, 4.69) is 20.5 Å². The summed E-state index contributed by atoms with van der Waals surface area (Å²) in [5.41, 5.74) is 0.720. The molecular weight excluding hydrogens is 390 g/mol. The molecule has 9 heteroatoms. The van der Waals surface area contributed by atoms with Crippen molar-refractivity contribution in [2.75, 3.05) is 12.4 Å². The molecule has 0 aliphatic heterocycles. The van der Waals surface area contributed by atoms with Crippen molar-refractivity contribution in [2.45, 2.75) is 38.8 Å². The van der Waals surface area contributed by atoms with Crippen LogP contribution in [0.2, 0.25) is 0 Å². The minimum absolute atomic E-state index is 0.00130. The highest BCUT2D eigenvalue weighted by Crippen LogP contribution is 2.31. The minimum atomic E-state index is -0.0347. The van der Waals surface area contributed by atoms with E-state index in [4.69, 9.17) is 4.74 Å². The van der Waals surface area contributed by atoms with Crippen LogP contribution in [0, 0.1) is 11.8 Å². The van der Waals surface area contributed by atoms with E-state index in [1.165, 1.54) is 11.3 Å². The fraction of sp³-hybridized carbons (Fsp3) is 0.450. The number of carbonyl (C=O) groups excluding carboxylic acids is 1. The van der Waals surface area contributed by atoms with Gasteiger partial charge in [0.05, 0.1) is 17.2 Å². The first kappa shape index (κ1) is 19.7. The largest absolute Gasteiger partial charge is 0.377 e. The molecule has 29 heavy (non-hydrogen) atoms. The molecule has 1 aliphatic carbocycles. The Labute approximate surface area is 171 Å². The third-order valence-electron chi connectivity index (χ3n) is 5.37. The van der Waals surface area contributed by atoms with Gasteiger partial charge in [-0.1, -0.05) is 23.5 Å². The van der Waals surface area contributed by atoms with Crippen LogP contribution in [-0.2, 0) is 22.7 Å². The lowest BCUT2D eigenvalue weighted by Gasteiger charge is -2.27. The van der Waals surface area contributed by atoms with Crippen LogP contribution in [0.25, 0.3) is 10.9 Å². The molecule has 1 N–H and O–H groups in total. The zero-order chi connectivity index (χ0) is 20.2. The first-order chi connectivity index (χ1) is 14.1. The summed E-state index contributed by atoms with van der Waals surface area (Å²) in [6.45, 7) is 1.03. The second-order valence-electron chi connectivity index (χ2n) is 7.36. The van der Waals surface area contributed by atoms with Crippen molar-refractivity contribution in [1.82, 2.24) is 19.7 Å². The fourth-order valence-corrected chi connectivity index (χ4v) is 4.53. The average Bonchev–Trinajstić information content (AvgIpc) is 3.18. The Morgan fingerprint density at radius 1 is 1.24 bits per heavy atom. The molecule has 0 radical (unpaired) electrons. The zero-order valence-corrected chi connectivity index (χ0v) is 17.0. The molecular formula is C20H23N5O3S. The Balaban J connectivity index is 1.33. The van der Waals surface area contributed by atoms with Crippen LogP contribution in [0.4, 0.5) is 5.13 Å². The summed E-state index contributed by atoms with van der Waals surface area (Å²) in [7, 11) is 1.60. The van der Waals surface area contributed by atoms with Gasteiger partial charge in [-0.3, -0.25) is 14.2 Å². The van der Waals surface area contributed by atoms with E-state index < -0.39 is 0 Å². The summed E-state index contributed by atoms with van der Waals surface area (Å²) >= 11 is 1.33. The fourth-order valence-electron chi connectivity index (χ4n) is 3.81. The molecule has 2 aromatic heterocycles. The number of ether oxygens (including phenoxy) is 1. The number of fused-ring (bicyclic) bond motifs is 1. The molecule has 8 nitrogen and oxygen atoms in total. The van der Waals surface area contributed by atoms with Gasteiger partial charge >= 0.3 is 0 Å². The molecule has 1 saturated carbocycles. The lowest BCUT2D eigenvalue weighted by atomic mass is 9.81. The summed E-state index contributed by atoms with van der Waals surface area (Å²) < 4.78 is 6.72. The second kappa shape index (κ2) is 8.79. The van der Waals surface area contributed by atoms with Gasteiger partial charge in [0.2, 0.25) is 11.0 Å². The number of rotatable bonds is 6. The molecule has 152 valence electrons. The molecule has 3 aromatic rings. The van der Waals surface area contributed by atoms with Crippen molar-refractivity contribution in [3.8, 4) is 0 Å². The van der Waals surface area contributed by atoms with Gasteiger partial charge in [-0.2, -0.15) is 0 Å². The quantitative estimate of drug-likeness (QED) is 0.667. The number of aromatic nitrogens is 4. The third kappa shape index (κ3) is 4.51. The average molecular weight is 414 g/mol. The molecule has 0 atom stereocenters. The maximum Gasteiger partial charge on any atom is 0.261 e. The predicted molar refractivity (Wildman–Crippen MR) is 111 cm³/mol. The monoisotopic (exact) mass is 413 g/mol. The molecule has 0 bridgehead atoms. The minimum Gasteiger partial charge on any atom is -0.377 e. The maximum absolute atomic E-state index is 12.7. The number of nitrogens with one attached hydrogen (secondary N) is 1. The molecule has 0 saturated heterocycles. The smallest absolute Gasteiger partial charge is 0.261 e. The van der Waals surface area contributed by atoms with Crippen LogP contribution < -0.4 is 10.9 Å². The van der Waals surface area contributed by atoms with Gasteiger partial charge in [0.15, 0.2) is 0 Å². The highest BCUT2D eigenvalue weighted by molar-refractivity contribution is 7.15. The number of carbonyl (C=O) groups is 1. The van der Waals surface area contributed by atoms with Gasteiger partial charge in [0.25, 0.3) is 5.56 Å². The van der Waals surface area contributed by atoms with Crippen LogP contribution in [0.1, 0.15) is 30.7 Å². The van der Waals surface area contributed by atoms with Crippen LogP contribution in [-0.4, -0.2) is 32.8 Å². The lowest BCUT2D eigenvalue weighted by molar-refractivity contribution is -0.121. The number of methoxy groups -OCH3 is 1.